The first-order valence-electron chi connectivity index (χ1n) is 7.18. The lowest BCUT2D eigenvalue weighted by atomic mass is 10.0. The van der Waals surface area contributed by atoms with Gasteiger partial charge in [-0.2, -0.15) is 0 Å². The molecule has 24 heavy (non-hydrogen) atoms. The Labute approximate surface area is 138 Å². The van der Waals surface area contributed by atoms with Crippen molar-refractivity contribution in [3.05, 3.63) is 59.9 Å². The highest BCUT2D eigenvalue weighted by atomic mass is 16.5. The maximum Gasteiger partial charge on any atom is 0.301 e. The number of methoxy groups -OCH3 is 2. The van der Waals surface area contributed by atoms with Crippen LogP contribution in [0.4, 0.5) is 5.69 Å². The molecule has 122 valence electrons. The third-order valence-electron chi connectivity index (χ3n) is 3.75. The summed E-state index contributed by atoms with van der Waals surface area (Å²) in [6.45, 7) is 0. The van der Waals surface area contributed by atoms with Gasteiger partial charge in [0.15, 0.2) is 5.76 Å². The van der Waals surface area contributed by atoms with Crippen molar-refractivity contribution < 1.29 is 24.2 Å². The van der Waals surface area contributed by atoms with E-state index in [1.165, 1.54) is 14.2 Å². The highest BCUT2D eigenvalue weighted by Crippen LogP contribution is 2.36. The van der Waals surface area contributed by atoms with Crippen molar-refractivity contribution in [2.24, 2.45) is 0 Å². The Morgan fingerprint density at radius 2 is 1.67 bits per heavy atom. The topological polar surface area (TPSA) is 76.1 Å². The lowest BCUT2D eigenvalue weighted by Crippen LogP contribution is -2.31. The molecule has 1 aliphatic rings. The fourth-order valence-electron chi connectivity index (χ4n) is 2.60. The highest BCUT2D eigenvalue weighted by Gasteiger charge is 2.41. The number of carbonyl (C=O) groups is 2. The van der Waals surface area contributed by atoms with E-state index in [-0.39, 0.29) is 5.57 Å². The predicted molar refractivity (Wildman–Crippen MR) is 88.0 cm³/mol. The molecule has 0 bridgehead atoms. The maximum absolute atomic E-state index is 12.8. The van der Waals surface area contributed by atoms with Gasteiger partial charge in [0.05, 0.1) is 25.5 Å². The van der Waals surface area contributed by atoms with Crippen molar-refractivity contribution in [3.63, 3.8) is 0 Å². The number of amides is 2. The zero-order valence-electron chi connectivity index (χ0n) is 13.1. The lowest BCUT2D eigenvalue weighted by molar-refractivity contribution is -0.121. The number of carbonyl (C=O) groups excluding carboxylic acids is 2. The number of para-hydroxylation sites is 1. The van der Waals surface area contributed by atoms with Crippen molar-refractivity contribution in [1.82, 2.24) is 0 Å². The SMILES string of the molecule is COc1cccc(N2C(=O)C(O)=C(c3ccccc3OC)C2=O)c1. The summed E-state index contributed by atoms with van der Waals surface area (Å²) in [5.41, 5.74) is 0.599. The molecule has 3 rings (SSSR count). The third-order valence-corrected chi connectivity index (χ3v) is 3.75. The molecule has 2 amide bonds. The van der Waals surface area contributed by atoms with E-state index in [4.69, 9.17) is 9.47 Å². The standard InChI is InChI=1S/C18H15NO5/c1-23-12-7-5-6-11(10-12)19-17(21)15(16(20)18(19)22)13-8-3-4-9-14(13)24-2/h3-10,20H,1-2H3. The molecule has 0 aliphatic carbocycles. The van der Waals surface area contributed by atoms with E-state index >= 15 is 0 Å². The molecule has 0 atom stereocenters. The summed E-state index contributed by atoms with van der Waals surface area (Å²) in [5.74, 6) is -1.11. The second-order valence-electron chi connectivity index (χ2n) is 5.07. The normalized spacial score (nSPS) is 14.3. The molecule has 1 N–H and O–H groups in total. The highest BCUT2D eigenvalue weighted by molar-refractivity contribution is 6.45. The second-order valence-corrected chi connectivity index (χ2v) is 5.07. The summed E-state index contributed by atoms with van der Waals surface area (Å²) in [6.07, 6.45) is 0. The van der Waals surface area contributed by atoms with Gasteiger partial charge < -0.3 is 14.6 Å². The van der Waals surface area contributed by atoms with Crippen molar-refractivity contribution in [2.45, 2.75) is 0 Å². The van der Waals surface area contributed by atoms with Crippen LogP contribution >= 0.6 is 0 Å². The van der Waals surface area contributed by atoms with Gasteiger partial charge in [-0.05, 0) is 18.2 Å². The van der Waals surface area contributed by atoms with Crippen molar-refractivity contribution >= 4 is 23.1 Å². The van der Waals surface area contributed by atoms with E-state index in [1.54, 1.807) is 48.5 Å². The molecular formula is C18H15NO5. The molecule has 0 radical (unpaired) electrons. The second kappa shape index (κ2) is 6.08. The Hall–Kier alpha value is -3.28. The summed E-state index contributed by atoms with van der Waals surface area (Å²) in [6, 6.07) is 13.2. The van der Waals surface area contributed by atoms with E-state index in [0.29, 0.717) is 22.7 Å². The minimum atomic E-state index is -0.783. The molecule has 0 saturated heterocycles. The fourth-order valence-corrected chi connectivity index (χ4v) is 2.60. The van der Waals surface area contributed by atoms with Gasteiger partial charge in [-0.3, -0.25) is 9.59 Å². The molecule has 2 aromatic carbocycles. The van der Waals surface area contributed by atoms with Gasteiger partial charge in [-0.25, -0.2) is 4.90 Å². The predicted octanol–water partition coefficient (Wildman–Crippen LogP) is 2.55. The lowest BCUT2D eigenvalue weighted by Gasteiger charge is -2.15. The summed E-state index contributed by atoms with van der Waals surface area (Å²) < 4.78 is 10.3. The molecule has 0 fully saturated rings. The average Bonchev–Trinajstić information content (AvgIpc) is 2.84. The zero-order chi connectivity index (χ0) is 17.3. The minimum absolute atomic E-state index is 0.0831. The number of nitrogens with zero attached hydrogens (tertiary/aromatic N) is 1. The number of aliphatic hydroxyl groups excluding tert-OH is 1. The first-order valence-corrected chi connectivity index (χ1v) is 7.18. The van der Waals surface area contributed by atoms with Crippen molar-refractivity contribution in [2.75, 3.05) is 19.1 Å². The molecule has 2 aromatic rings. The summed E-state index contributed by atoms with van der Waals surface area (Å²) >= 11 is 0. The molecule has 6 nitrogen and oxygen atoms in total. The Morgan fingerprint density at radius 3 is 2.38 bits per heavy atom. The van der Waals surface area contributed by atoms with Gasteiger partial charge in [0.2, 0.25) is 0 Å². The van der Waals surface area contributed by atoms with E-state index < -0.39 is 17.6 Å². The van der Waals surface area contributed by atoms with E-state index in [2.05, 4.69) is 0 Å². The number of imide groups is 1. The average molecular weight is 325 g/mol. The van der Waals surface area contributed by atoms with Crippen LogP contribution in [-0.4, -0.2) is 31.1 Å². The molecule has 0 aromatic heterocycles. The summed E-state index contributed by atoms with van der Waals surface area (Å²) in [5, 5.41) is 10.2. The first-order chi connectivity index (χ1) is 11.6. The Bertz CT molecular complexity index is 856. The van der Waals surface area contributed by atoms with Crippen LogP contribution in [-0.2, 0) is 9.59 Å². The number of rotatable bonds is 4. The zero-order valence-corrected chi connectivity index (χ0v) is 13.1. The molecule has 1 aliphatic heterocycles. The Kier molecular flexibility index (Phi) is 3.95. The Balaban J connectivity index is 2.08. The maximum atomic E-state index is 12.8. The number of hydrogen-bond donors (Lipinski definition) is 1. The van der Waals surface area contributed by atoms with E-state index in [9.17, 15) is 14.7 Å². The third kappa shape index (κ3) is 2.38. The number of aliphatic hydroxyl groups is 1. The quantitative estimate of drug-likeness (QED) is 0.874. The van der Waals surface area contributed by atoms with Crippen LogP contribution in [0.1, 0.15) is 5.56 Å². The van der Waals surface area contributed by atoms with Gasteiger partial charge in [0, 0.05) is 11.6 Å². The Morgan fingerprint density at radius 1 is 0.917 bits per heavy atom. The van der Waals surface area contributed by atoms with Crippen LogP contribution in [0.25, 0.3) is 5.57 Å². The van der Waals surface area contributed by atoms with Crippen molar-refractivity contribution in [3.8, 4) is 11.5 Å². The molecule has 1 heterocycles. The molecule has 0 saturated carbocycles. The number of anilines is 1. The molecule has 0 unspecified atom stereocenters. The number of ether oxygens (including phenoxy) is 2. The number of hydrogen-bond acceptors (Lipinski definition) is 5. The monoisotopic (exact) mass is 325 g/mol. The molecular weight excluding hydrogens is 310 g/mol. The molecule has 6 heteroatoms. The van der Waals surface area contributed by atoms with Crippen molar-refractivity contribution in [1.29, 1.82) is 0 Å². The smallest absolute Gasteiger partial charge is 0.301 e. The largest absolute Gasteiger partial charge is 0.502 e. The fraction of sp³-hybridized carbons (Fsp3) is 0.111. The van der Waals surface area contributed by atoms with E-state index in [0.717, 1.165) is 4.90 Å². The van der Waals surface area contributed by atoms with Gasteiger partial charge in [0.1, 0.15) is 11.5 Å². The van der Waals surface area contributed by atoms with E-state index in [1.807, 2.05) is 0 Å². The van der Waals surface area contributed by atoms with Crippen LogP contribution < -0.4 is 14.4 Å². The molecule has 0 spiro atoms. The van der Waals surface area contributed by atoms with Crippen LogP contribution in [0.3, 0.4) is 0 Å². The van der Waals surface area contributed by atoms with Gasteiger partial charge in [-0.1, -0.05) is 24.3 Å². The van der Waals surface area contributed by atoms with Crippen LogP contribution in [0.2, 0.25) is 0 Å². The van der Waals surface area contributed by atoms with Gasteiger partial charge in [-0.15, -0.1) is 0 Å². The van der Waals surface area contributed by atoms with Gasteiger partial charge in [0.25, 0.3) is 5.91 Å². The number of benzene rings is 2. The summed E-state index contributed by atoms with van der Waals surface area (Å²) in [4.78, 5) is 26.1. The summed E-state index contributed by atoms with van der Waals surface area (Å²) in [7, 11) is 2.94. The van der Waals surface area contributed by atoms with Crippen LogP contribution in [0.15, 0.2) is 54.3 Å². The van der Waals surface area contributed by atoms with Crippen LogP contribution in [0.5, 0.6) is 11.5 Å². The minimum Gasteiger partial charge on any atom is -0.502 e. The van der Waals surface area contributed by atoms with Crippen LogP contribution in [0, 0.1) is 0 Å². The van der Waals surface area contributed by atoms with Gasteiger partial charge >= 0.3 is 5.91 Å². The first kappa shape index (κ1) is 15.6.